The molecule has 0 radical (unpaired) electrons. The molecule has 0 aliphatic carbocycles. The Morgan fingerprint density at radius 1 is 1.38 bits per heavy atom. The first-order valence-electron chi connectivity index (χ1n) is 7.13. The van der Waals surface area contributed by atoms with E-state index in [0.717, 1.165) is 31.2 Å². The zero-order valence-corrected chi connectivity index (χ0v) is 13.0. The number of aromatic nitrogens is 4. The lowest BCUT2D eigenvalue weighted by atomic mass is 10.4. The molecular formula is C13H19N5O2S. The number of hydrogen-bond donors (Lipinski definition) is 1. The van der Waals surface area contributed by atoms with Crippen LogP contribution >= 0.6 is 0 Å². The highest BCUT2D eigenvalue weighted by molar-refractivity contribution is 7.85. The summed E-state index contributed by atoms with van der Waals surface area (Å²) in [5, 5.41) is 13.9. The number of anilines is 1. The third kappa shape index (κ3) is 2.77. The van der Waals surface area contributed by atoms with Gasteiger partial charge in [0, 0.05) is 47.9 Å². The number of aryl methyl sites for hydroxylation is 1. The van der Waals surface area contributed by atoms with Crippen molar-refractivity contribution in [2.24, 2.45) is 0 Å². The topological polar surface area (TPSA) is 83.6 Å². The molecule has 0 aromatic carbocycles. The van der Waals surface area contributed by atoms with E-state index in [-0.39, 0.29) is 0 Å². The van der Waals surface area contributed by atoms with E-state index in [0.29, 0.717) is 23.0 Å². The fraction of sp³-hybridized carbons (Fsp3) is 0.615. The van der Waals surface area contributed by atoms with Crippen LogP contribution in [0, 0.1) is 0 Å². The van der Waals surface area contributed by atoms with Crippen LogP contribution in [-0.4, -0.2) is 53.5 Å². The molecule has 0 amide bonds. The van der Waals surface area contributed by atoms with Gasteiger partial charge < -0.3 is 10.0 Å². The van der Waals surface area contributed by atoms with Gasteiger partial charge in [-0.1, -0.05) is 6.92 Å². The minimum atomic E-state index is -0.707. The first kappa shape index (κ1) is 14.4. The highest BCUT2D eigenvalue weighted by atomic mass is 32.2. The zero-order chi connectivity index (χ0) is 15.0. The van der Waals surface area contributed by atoms with Gasteiger partial charge in [0.05, 0.1) is 0 Å². The molecule has 3 rings (SSSR count). The lowest BCUT2D eigenvalue weighted by Gasteiger charge is -2.27. The molecular weight excluding hydrogens is 290 g/mol. The van der Waals surface area contributed by atoms with Crippen LogP contribution in [0.1, 0.15) is 31.6 Å². The molecule has 0 bridgehead atoms. The number of nitrogens with zero attached hydrogens (tertiary/aromatic N) is 5. The molecule has 1 aliphatic heterocycles. The Morgan fingerprint density at radius 2 is 2.10 bits per heavy atom. The third-order valence-corrected chi connectivity index (χ3v) is 4.86. The molecule has 1 N–H and O–H groups in total. The van der Waals surface area contributed by atoms with Gasteiger partial charge >= 0.3 is 0 Å². The van der Waals surface area contributed by atoms with E-state index < -0.39 is 16.9 Å². The average molecular weight is 309 g/mol. The summed E-state index contributed by atoms with van der Waals surface area (Å²) < 4.78 is 13.2. The summed E-state index contributed by atoms with van der Waals surface area (Å²) in [6.07, 6.45) is 0.0302. The molecule has 21 heavy (non-hydrogen) atoms. The minimum absolute atomic E-state index is 0.406. The van der Waals surface area contributed by atoms with Crippen molar-refractivity contribution in [3.8, 4) is 0 Å². The van der Waals surface area contributed by atoms with Crippen LogP contribution in [-0.2, 0) is 17.2 Å². The maximum absolute atomic E-state index is 11.5. The van der Waals surface area contributed by atoms with E-state index in [1.54, 1.807) is 11.4 Å². The summed E-state index contributed by atoms with van der Waals surface area (Å²) in [6, 6.07) is 1.88. The van der Waals surface area contributed by atoms with Gasteiger partial charge in [-0.2, -0.15) is 4.52 Å². The van der Waals surface area contributed by atoms with Crippen molar-refractivity contribution in [3.63, 3.8) is 0 Å². The first-order chi connectivity index (χ1) is 10.1. The molecule has 1 aliphatic rings. The van der Waals surface area contributed by atoms with Gasteiger partial charge in [-0.05, 0) is 6.92 Å². The second kappa shape index (κ2) is 5.69. The highest BCUT2D eigenvalue weighted by Gasteiger charge is 2.19. The van der Waals surface area contributed by atoms with Crippen LogP contribution in [0.3, 0.4) is 0 Å². The van der Waals surface area contributed by atoms with E-state index >= 15 is 0 Å². The molecule has 2 aromatic heterocycles. The van der Waals surface area contributed by atoms with E-state index in [9.17, 15) is 9.32 Å². The third-order valence-electron chi connectivity index (χ3n) is 3.59. The van der Waals surface area contributed by atoms with Crippen LogP contribution in [0.15, 0.2) is 6.07 Å². The predicted octanol–water partition coefficient (Wildman–Crippen LogP) is 0.309. The maximum Gasteiger partial charge on any atom is 0.179 e. The van der Waals surface area contributed by atoms with E-state index in [1.165, 1.54) is 0 Å². The van der Waals surface area contributed by atoms with Gasteiger partial charge in [-0.15, -0.1) is 5.10 Å². The second-order valence-corrected chi connectivity index (χ2v) is 6.83. The Bertz CT molecular complexity index is 674. The zero-order valence-electron chi connectivity index (χ0n) is 12.2. The normalized spacial score (nSPS) is 18.3. The molecule has 3 heterocycles. The number of rotatable bonds is 3. The number of aliphatic hydroxyl groups is 1. The molecule has 7 nitrogen and oxygen atoms in total. The summed E-state index contributed by atoms with van der Waals surface area (Å²) >= 11 is 0. The molecule has 1 atom stereocenters. The molecule has 1 unspecified atom stereocenters. The van der Waals surface area contributed by atoms with E-state index in [2.05, 4.69) is 20.0 Å². The van der Waals surface area contributed by atoms with Crippen molar-refractivity contribution < 1.29 is 9.32 Å². The Labute approximate surface area is 125 Å². The lowest BCUT2D eigenvalue weighted by molar-refractivity contribution is 0.189. The van der Waals surface area contributed by atoms with Crippen LogP contribution in [0.2, 0.25) is 0 Å². The lowest BCUT2D eigenvalue weighted by Crippen LogP contribution is -2.38. The number of hydrogen-bond acceptors (Lipinski definition) is 6. The van der Waals surface area contributed by atoms with Gasteiger partial charge in [0.2, 0.25) is 0 Å². The van der Waals surface area contributed by atoms with Crippen molar-refractivity contribution in [2.75, 3.05) is 29.5 Å². The van der Waals surface area contributed by atoms with Crippen molar-refractivity contribution in [1.29, 1.82) is 0 Å². The van der Waals surface area contributed by atoms with E-state index in [1.807, 2.05) is 13.0 Å². The number of aliphatic hydroxyl groups excluding tert-OH is 1. The second-order valence-electron chi connectivity index (χ2n) is 5.14. The Kier molecular flexibility index (Phi) is 3.90. The van der Waals surface area contributed by atoms with Gasteiger partial charge in [0.15, 0.2) is 11.5 Å². The molecule has 1 fully saturated rings. The Morgan fingerprint density at radius 3 is 2.71 bits per heavy atom. The fourth-order valence-corrected chi connectivity index (χ4v) is 3.44. The average Bonchev–Trinajstić information content (AvgIpc) is 2.91. The summed E-state index contributed by atoms with van der Waals surface area (Å²) in [6.45, 7) is 5.15. The van der Waals surface area contributed by atoms with Gasteiger partial charge in [-0.25, -0.2) is 9.97 Å². The molecule has 0 saturated carbocycles. The summed E-state index contributed by atoms with van der Waals surface area (Å²) in [4.78, 5) is 11.1. The standard InChI is InChI=1S/C13H19N5O2S/c1-3-10-14-11(17-4-6-21(20)7-5-17)8-12-15-13(9(2)19)16-18(10)12/h8-9,19H,3-7H2,1-2H3. The Balaban J connectivity index is 2.02. The monoisotopic (exact) mass is 309 g/mol. The van der Waals surface area contributed by atoms with Gasteiger partial charge in [0.25, 0.3) is 0 Å². The van der Waals surface area contributed by atoms with Crippen molar-refractivity contribution in [3.05, 3.63) is 17.7 Å². The SMILES string of the molecule is CCc1nc(N2CCS(=O)CC2)cc2nc(C(C)O)nn12. The summed E-state index contributed by atoms with van der Waals surface area (Å²) in [5.41, 5.74) is 0.694. The fourth-order valence-electron chi connectivity index (χ4n) is 2.39. The Hall–Kier alpha value is -1.54. The minimum Gasteiger partial charge on any atom is -0.385 e. The highest BCUT2D eigenvalue weighted by Crippen LogP contribution is 2.19. The molecule has 0 spiro atoms. The van der Waals surface area contributed by atoms with Crippen molar-refractivity contribution in [2.45, 2.75) is 26.4 Å². The van der Waals surface area contributed by atoms with Gasteiger partial charge in [-0.3, -0.25) is 4.21 Å². The molecule has 114 valence electrons. The first-order valence-corrected chi connectivity index (χ1v) is 8.62. The smallest absolute Gasteiger partial charge is 0.179 e. The van der Waals surface area contributed by atoms with Crippen LogP contribution in [0.4, 0.5) is 5.82 Å². The summed E-state index contributed by atoms with van der Waals surface area (Å²) in [7, 11) is -0.707. The molecule has 1 saturated heterocycles. The largest absolute Gasteiger partial charge is 0.385 e. The molecule has 2 aromatic rings. The van der Waals surface area contributed by atoms with Gasteiger partial charge in [0.1, 0.15) is 17.7 Å². The number of fused-ring (bicyclic) bond motifs is 1. The van der Waals surface area contributed by atoms with Crippen LogP contribution in [0.25, 0.3) is 5.65 Å². The molecule has 8 heteroatoms. The van der Waals surface area contributed by atoms with Crippen molar-refractivity contribution in [1.82, 2.24) is 19.6 Å². The van der Waals surface area contributed by atoms with Crippen LogP contribution in [0.5, 0.6) is 0 Å². The van der Waals surface area contributed by atoms with Crippen molar-refractivity contribution >= 4 is 22.3 Å². The quantitative estimate of drug-likeness (QED) is 0.878. The maximum atomic E-state index is 11.5. The summed E-state index contributed by atoms with van der Waals surface area (Å²) in [5.74, 6) is 3.43. The van der Waals surface area contributed by atoms with E-state index in [4.69, 9.17) is 0 Å². The van der Waals surface area contributed by atoms with Crippen LogP contribution < -0.4 is 4.90 Å². The predicted molar refractivity (Wildman–Crippen MR) is 80.9 cm³/mol.